The van der Waals surface area contributed by atoms with Gasteiger partial charge in [-0.05, 0) is 0 Å². The molecule has 0 saturated carbocycles. The SMILES string of the molecule is OC(O)c1nc(Cn2n[c]cn2)co1. The predicted octanol–water partition coefficient (Wildman–Crippen LogP) is -0.902. The molecular formula is C7H7N4O3. The summed E-state index contributed by atoms with van der Waals surface area (Å²) in [5.41, 5.74) is 0.512. The first-order valence-corrected chi connectivity index (χ1v) is 3.82. The Kier molecular flexibility index (Phi) is 2.25. The summed E-state index contributed by atoms with van der Waals surface area (Å²) in [5, 5.41) is 25.0. The molecule has 0 amide bonds. The lowest BCUT2D eigenvalue weighted by Crippen LogP contribution is -2.04. The molecule has 7 nitrogen and oxygen atoms in total. The van der Waals surface area contributed by atoms with E-state index >= 15 is 0 Å². The number of hydrogen-bond donors (Lipinski definition) is 2. The van der Waals surface area contributed by atoms with Crippen LogP contribution in [0.2, 0.25) is 0 Å². The number of hydrogen-bond acceptors (Lipinski definition) is 6. The summed E-state index contributed by atoms with van der Waals surface area (Å²) in [4.78, 5) is 5.16. The van der Waals surface area contributed by atoms with Crippen molar-refractivity contribution < 1.29 is 14.6 Å². The van der Waals surface area contributed by atoms with Gasteiger partial charge in [0, 0.05) is 0 Å². The Morgan fingerprint density at radius 2 is 2.43 bits per heavy atom. The lowest BCUT2D eigenvalue weighted by Gasteiger charge is -1.94. The molecule has 0 aliphatic carbocycles. The molecule has 7 heteroatoms. The van der Waals surface area contributed by atoms with Gasteiger partial charge in [0.2, 0.25) is 6.29 Å². The topological polar surface area (TPSA) is 97.2 Å². The Hall–Kier alpha value is -1.73. The molecule has 73 valence electrons. The molecule has 0 fully saturated rings. The number of aliphatic hydroxyl groups excluding tert-OH is 1. The minimum Gasteiger partial charge on any atom is -0.444 e. The van der Waals surface area contributed by atoms with E-state index in [1.54, 1.807) is 0 Å². The summed E-state index contributed by atoms with van der Waals surface area (Å²) in [6.07, 6.45) is 3.57. The van der Waals surface area contributed by atoms with Crippen LogP contribution in [0.5, 0.6) is 0 Å². The molecule has 2 rings (SSSR count). The first-order valence-electron chi connectivity index (χ1n) is 3.82. The van der Waals surface area contributed by atoms with Gasteiger partial charge in [0.15, 0.2) is 0 Å². The molecule has 0 bridgehead atoms. The van der Waals surface area contributed by atoms with Gasteiger partial charge in [0.25, 0.3) is 5.89 Å². The number of oxazole rings is 1. The van der Waals surface area contributed by atoms with E-state index in [9.17, 15) is 0 Å². The fourth-order valence-corrected chi connectivity index (χ4v) is 0.946. The summed E-state index contributed by atoms with van der Waals surface area (Å²) in [7, 11) is 0. The van der Waals surface area contributed by atoms with E-state index in [1.807, 2.05) is 0 Å². The van der Waals surface area contributed by atoms with Gasteiger partial charge in [-0.2, -0.15) is 15.0 Å². The Balaban J connectivity index is 2.11. The van der Waals surface area contributed by atoms with Crippen LogP contribution in [0.15, 0.2) is 16.9 Å². The number of aliphatic hydroxyl groups is 2. The van der Waals surface area contributed by atoms with Crippen LogP contribution in [0.4, 0.5) is 0 Å². The first kappa shape index (κ1) is 8.85. The maximum atomic E-state index is 8.72. The Morgan fingerprint density at radius 3 is 3.00 bits per heavy atom. The summed E-state index contributed by atoms with van der Waals surface area (Å²) in [6.45, 7) is 0.305. The Bertz CT molecular complexity index is 395. The molecule has 0 unspecified atom stereocenters. The molecule has 0 aromatic carbocycles. The third kappa shape index (κ3) is 1.78. The fourth-order valence-electron chi connectivity index (χ4n) is 0.946. The van der Waals surface area contributed by atoms with Gasteiger partial charge in [-0.1, -0.05) is 0 Å². The van der Waals surface area contributed by atoms with Crippen molar-refractivity contribution in [3.8, 4) is 0 Å². The zero-order chi connectivity index (χ0) is 9.97. The minimum absolute atomic E-state index is 0.142. The molecular weight excluding hydrogens is 188 g/mol. The molecule has 0 aliphatic heterocycles. The molecule has 14 heavy (non-hydrogen) atoms. The van der Waals surface area contributed by atoms with Crippen molar-refractivity contribution in [3.63, 3.8) is 0 Å². The van der Waals surface area contributed by atoms with E-state index in [4.69, 9.17) is 14.6 Å². The van der Waals surface area contributed by atoms with Gasteiger partial charge in [0.05, 0.1) is 6.20 Å². The quantitative estimate of drug-likeness (QED) is 0.616. The molecule has 2 N–H and O–H groups in total. The van der Waals surface area contributed by atoms with Crippen molar-refractivity contribution in [2.45, 2.75) is 12.8 Å². The monoisotopic (exact) mass is 195 g/mol. The van der Waals surface area contributed by atoms with Crippen LogP contribution in [0.3, 0.4) is 0 Å². The molecule has 0 spiro atoms. The number of aromatic nitrogens is 4. The summed E-state index contributed by atoms with van der Waals surface area (Å²) >= 11 is 0. The average Bonchev–Trinajstić information content (AvgIpc) is 2.75. The molecule has 0 aliphatic rings. The van der Waals surface area contributed by atoms with E-state index in [0.717, 1.165) is 0 Å². The van der Waals surface area contributed by atoms with Crippen LogP contribution in [-0.4, -0.2) is 30.2 Å². The van der Waals surface area contributed by atoms with Crippen molar-refractivity contribution in [3.05, 3.63) is 30.2 Å². The first-order chi connectivity index (χ1) is 6.75. The van der Waals surface area contributed by atoms with Crippen LogP contribution < -0.4 is 0 Å². The van der Waals surface area contributed by atoms with Gasteiger partial charge >= 0.3 is 0 Å². The van der Waals surface area contributed by atoms with E-state index in [2.05, 4.69) is 21.4 Å². The van der Waals surface area contributed by atoms with E-state index in [-0.39, 0.29) is 5.89 Å². The van der Waals surface area contributed by atoms with Gasteiger partial charge < -0.3 is 14.6 Å². The maximum absolute atomic E-state index is 8.72. The summed E-state index contributed by atoms with van der Waals surface area (Å²) in [5.74, 6) is -0.142. The predicted molar refractivity (Wildman–Crippen MR) is 41.6 cm³/mol. The molecule has 2 aromatic heterocycles. The lowest BCUT2D eigenvalue weighted by molar-refractivity contribution is -0.0620. The number of nitrogens with zero attached hydrogens (tertiary/aromatic N) is 4. The van der Waals surface area contributed by atoms with Crippen molar-refractivity contribution in [2.75, 3.05) is 0 Å². The Labute approximate surface area is 78.6 Å². The van der Waals surface area contributed by atoms with Crippen LogP contribution in [0.25, 0.3) is 0 Å². The minimum atomic E-state index is -1.69. The molecule has 2 aromatic rings. The van der Waals surface area contributed by atoms with Gasteiger partial charge in [-0.15, -0.1) is 0 Å². The van der Waals surface area contributed by atoms with Gasteiger partial charge in [-0.25, -0.2) is 4.98 Å². The second-order valence-corrected chi connectivity index (χ2v) is 2.55. The van der Waals surface area contributed by atoms with Crippen molar-refractivity contribution in [1.29, 1.82) is 0 Å². The van der Waals surface area contributed by atoms with Gasteiger partial charge in [0.1, 0.15) is 24.7 Å². The van der Waals surface area contributed by atoms with Crippen molar-refractivity contribution in [1.82, 2.24) is 20.0 Å². The van der Waals surface area contributed by atoms with Crippen molar-refractivity contribution >= 4 is 0 Å². The Morgan fingerprint density at radius 1 is 1.57 bits per heavy atom. The highest BCUT2D eigenvalue weighted by molar-refractivity contribution is 4.96. The standard InChI is InChI=1S/C7H7N4O3/c12-7(13)6-10-5(4-14-6)3-11-8-1-2-9-11/h1,4,7,12-13H,3H2. The second kappa shape index (κ2) is 3.56. The van der Waals surface area contributed by atoms with Crippen molar-refractivity contribution in [2.24, 2.45) is 0 Å². The van der Waals surface area contributed by atoms with E-state index < -0.39 is 6.29 Å². The molecule has 0 saturated heterocycles. The average molecular weight is 195 g/mol. The summed E-state index contributed by atoms with van der Waals surface area (Å²) in [6, 6.07) is 0. The summed E-state index contributed by atoms with van der Waals surface area (Å²) < 4.78 is 4.78. The highest BCUT2D eigenvalue weighted by Gasteiger charge is 2.10. The third-order valence-corrected chi connectivity index (χ3v) is 1.52. The largest absolute Gasteiger partial charge is 0.444 e. The number of rotatable bonds is 3. The van der Waals surface area contributed by atoms with Crippen LogP contribution in [0, 0.1) is 6.20 Å². The third-order valence-electron chi connectivity index (χ3n) is 1.52. The lowest BCUT2D eigenvalue weighted by atomic mass is 10.5. The van der Waals surface area contributed by atoms with Crippen LogP contribution in [-0.2, 0) is 6.54 Å². The van der Waals surface area contributed by atoms with Crippen LogP contribution in [0.1, 0.15) is 17.9 Å². The maximum Gasteiger partial charge on any atom is 0.251 e. The smallest absolute Gasteiger partial charge is 0.251 e. The second-order valence-electron chi connectivity index (χ2n) is 2.55. The molecule has 1 radical (unpaired) electrons. The van der Waals surface area contributed by atoms with Crippen LogP contribution >= 0.6 is 0 Å². The normalized spacial score (nSPS) is 11.1. The zero-order valence-electron chi connectivity index (χ0n) is 7.03. The molecule has 0 atom stereocenters. The van der Waals surface area contributed by atoms with E-state index in [0.29, 0.717) is 12.2 Å². The van der Waals surface area contributed by atoms with E-state index in [1.165, 1.54) is 17.3 Å². The highest BCUT2D eigenvalue weighted by Crippen LogP contribution is 2.09. The zero-order valence-corrected chi connectivity index (χ0v) is 7.03. The highest BCUT2D eigenvalue weighted by atomic mass is 16.5. The fraction of sp³-hybridized carbons (Fsp3) is 0.286. The molecule has 2 heterocycles. The van der Waals surface area contributed by atoms with Gasteiger partial charge in [-0.3, -0.25) is 0 Å².